The van der Waals surface area contributed by atoms with Crippen LogP contribution in [0.25, 0.3) is 0 Å². The lowest BCUT2D eigenvalue weighted by Crippen LogP contribution is -2.36. The normalized spacial score (nSPS) is 17.8. The number of hydrogen-bond donors (Lipinski definition) is 1. The number of esters is 1. The fourth-order valence-corrected chi connectivity index (χ4v) is 3.15. The molecule has 1 amide bonds. The van der Waals surface area contributed by atoms with Crippen LogP contribution in [0.2, 0.25) is 0 Å². The van der Waals surface area contributed by atoms with Crippen LogP contribution in [-0.4, -0.2) is 31.2 Å². The van der Waals surface area contributed by atoms with Crippen molar-refractivity contribution >= 4 is 17.6 Å². The van der Waals surface area contributed by atoms with E-state index in [1.54, 1.807) is 12.1 Å². The first kappa shape index (κ1) is 14.4. The van der Waals surface area contributed by atoms with E-state index in [1.165, 1.54) is 37.3 Å². The van der Waals surface area contributed by atoms with Gasteiger partial charge < -0.3 is 19.3 Å². The molecule has 7 heteroatoms. The molecule has 7 nitrogen and oxygen atoms in total. The number of benzene rings is 2. The van der Waals surface area contributed by atoms with Crippen molar-refractivity contribution in [1.29, 1.82) is 0 Å². The van der Waals surface area contributed by atoms with Gasteiger partial charge in [0.2, 0.25) is 6.23 Å². The number of anilines is 1. The molecule has 0 unspecified atom stereocenters. The molecule has 0 aromatic heterocycles. The molecule has 2 aromatic rings. The summed E-state index contributed by atoms with van der Waals surface area (Å²) in [6.45, 7) is 0. The molecular formula is C17H13NO6. The van der Waals surface area contributed by atoms with Crippen LogP contribution in [0.5, 0.6) is 17.2 Å². The van der Waals surface area contributed by atoms with Gasteiger partial charge in [0.25, 0.3) is 5.91 Å². The quantitative estimate of drug-likeness (QED) is 0.852. The number of rotatable bonds is 2. The Morgan fingerprint density at radius 3 is 2.62 bits per heavy atom. The monoisotopic (exact) mass is 327 g/mol. The summed E-state index contributed by atoms with van der Waals surface area (Å²) in [4.78, 5) is 26.6. The van der Waals surface area contributed by atoms with Crippen molar-refractivity contribution in [2.75, 3.05) is 19.1 Å². The Morgan fingerprint density at radius 1 is 1.12 bits per heavy atom. The molecule has 0 radical (unpaired) electrons. The molecule has 0 bridgehead atoms. The summed E-state index contributed by atoms with van der Waals surface area (Å²) >= 11 is 0. The highest BCUT2D eigenvalue weighted by Crippen LogP contribution is 2.48. The largest absolute Gasteiger partial charge is 0.508 e. The standard InChI is InChI=1S/C17H13NO6/c1-22-12-6-4-9-13(14(12)23-2)15(20)18-11-5-3-8(19)7-10(11)17(21)24-16(9)18/h3-7,16,19H,1-2H3/t16-/m0/s1. The first-order valence-electron chi connectivity index (χ1n) is 7.19. The molecule has 0 aliphatic carbocycles. The van der Waals surface area contributed by atoms with Gasteiger partial charge in [0.15, 0.2) is 11.5 Å². The summed E-state index contributed by atoms with van der Waals surface area (Å²) < 4.78 is 16.0. The molecule has 0 saturated carbocycles. The highest BCUT2D eigenvalue weighted by atomic mass is 16.6. The van der Waals surface area contributed by atoms with E-state index in [0.29, 0.717) is 28.3 Å². The van der Waals surface area contributed by atoms with Crippen molar-refractivity contribution in [3.05, 3.63) is 47.0 Å². The lowest BCUT2D eigenvalue weighted by molar-refractivity contribution is 0.0272. The van der Waals surface area contributed by atoms with Crippen LogP contribution in [-0.2, 0) is 4.74 Å². The number of ether oxygens (including phenoxy) is 3. The van der Waals surface area contributed by atoms with Gasteiger partial charge in [-0.25, -0.2) is 4.79 Å². The predicted molar refractivity (Wildman–Crippen MR) is 82.6 cm³/mol. The highest BCUT2D eigenvalue weighted by Gasteiger charge is 2.47. The number of carbonyl (C=O) groups is 2. The molecule has 0 fully saturated rings. The van der Waals surface area contributed by atoms with Crippen molar-refractivity contribution < 1.29 is 28.9 Å². The number of amides is 1. The Kier molecular flexibility index (Phi) is 2.93. The van der Waals surface area contributed by atoms with Gasteiger partial charge in [-0.15, -0.1) is 0 Å². The van der Waals surface area contributed by atoms with Crippen molar-refractivity contribution in [1.82, 2.24) is 0 Å². The smallest absolute Gasteiger partial charge is 0.342 e. The maximum Gasteiger partial charge on any atom is 0.342 e. The predicted octanol–water partition coefficient (Wildman–Crippen LogP) is 2.24. The second kappa shape index (κ2) is 4.89. The van der Waals surface area contributed by atoms with Gasteiger partial charge in [0.05, 0.1) is 31.0 Å². The lowest BCUT2D eigenvalue weighted by atomic mass is 10.1. The number of nitrogens with zero attached hydrogens (tertiary/aromatic N) is 1. The number of phenolic OH excluding ortho intramolecular Hbond substituents is 1. The Bertz CT molecular complexity index is 891. The van der Waals surface area contributed by atoms with E-state index < -0.39 is 12.2 Å². The summed E-state index contributed by atoms with van der Waals surface area (Å²) in [5.74, 6) is -0.317. The average molecular weight is 327 g/mol. The van der Waals surface area contributed by atoms with Crippen LogP contribution < -0.4 is 14.4 Å². The van der Waals surface area contributed by atoms with Gasteiger partial charge in [0.1, 0.15) is 5.75 Å². The lowest BCUT2D eigenvalue weighted by Gasteiger charge is -2.31. The number of methoxy groups -OCH3 is 2. The maximum absolute atomic E-state index is 13.0. The van der Waals surface area contributed by atoms with Gasteiger partial charge in [-0.2, -0.15) is 0 Å². The minimum absolute atomic E-state index is 0.0763. The van der Waals surface area contributed by atoms with Gasteiger partial charge in [-0.3, -0.25) is 9.69 Å². The molecule has 0 spiro atoms. The second-order valence-electron chi connectivity index (χ2n) is 5.40. The third-order valence-corrected chi connectivity index (χ3v) is 4.19. The van der Waals surface area contributed by atoms with E-state index in [1.807, 2.05) is 0 Å². The summed E-state index contributed by atoms with van der Waals surface area (Å²) in [7, 11) is 2.93. The van der Waals surface area contributed by atoms with Crippen molar-refractivity contribution in [2.24, 2.45) is 0 Å². The summed E-state index contributed by atoms with van der Waals surface area (Å²) in [6, 6.07) is 7.56. The molecular weight excluding hydrogens is 314 g/mol. The molecule has 1 N–H and O–H groups in total. The number of hydrogen-bond acceptors (Lipinski definition) is 6. The fraction of sp³-hybridized carbons (Fsp3) is 0.176. The molecule has 4 rings (SSSR count). The van der Waals surface area contributed by atoms with Crippen LogP contribution in [0.15, 0.2) is 30.3 Å². The van der Waals surface area contributed by atoms with Gasteiger partial charge in [0, 0.05) is 5.56 Å². The number of phenols is 1. The van der Waals surface area contributed by atoms with Crippen LogP contribution in [0, 0.1) is 0 Å². The Morgan fingerprint density at radius 2 is 1.92 bits per heavy atom. The molecule has 2 aliphatic heterocycles. The zero-order valence-electron chi connectivity index (χ0n) is 12.9. The minimum Gasteiger partial charge on any atom is -0.508 e. The van der Waals surface area contributed by atoms with E-state index in [-0.39, 0.29) is 17.2 Å². The number of carbonyl (C=O) groups excluding carboxylic acids is 2. The van der Waals surface area contributed by atoms with Gasteiger partial charge in [-0.1, -0.05) is 0 Å². The Labute approximate surface area is 137 Å². The van der Waals surface area contributed by atoms with E-state index >= 15 is 0 Å². The number of fused-ring (bicyclic) bond motifs is 5. The molecule has 2 heterocycles. The minimum atomic E-state index is -0.864. The molecule has 0 saturated heterocycles. The molecule has 2 aromatic carbocycles. The van der Waals surface area contributed by atoms with Crippen molar-refractivity contribution in [3.63, 3.8) is 0 Å². The second-order valence-corrected chi connectivity index (χ2v) is 5.40. The van der Waals surface area contributed by atoms with Crippen molar-refractivity contribution in [3.8, 4) is 17.2 Å². The molecule has 2 aliphatic rings. The maximum atomic E-state index is 13.0. The van der Waals surface area contributed by atoms with Crippen LogP contribution in [0.4, 0.5) is 5.69 Å². The van der Waals surface area contributed by atoms with Crippen molar-refractivity contribution in [2.45, 2.75) is 6.23 Å². The van der Waals surface area contributed by atoms with Crippen LogP contribution in [0.3, 0.4) is 0 Å². The summed E-state index contributed by atoms with van der Waals surface area (Å²) in [6.07, 6.45) is -0.864. The van der Waals surface area contributed by atoms with Gasteiger partial charge >= 0.3 is 5.97 Å². The zero-order valence-corrected chi connectivity index (χ0v) is 12.9. The van der Waals surface area contributed by atoms with E-state index in [9.17, 15) is 14.7 Å². The van der Waals surface area contributed by atoms with Gasteiger partial charge in [-0.05, 0) is 30.3 Å². The topological polar surface area (TPSA) is 85.3 Å². The Hall–Kier alpha value is -3.22. The first-order valence-corrected chi connectivity index (χ1v) is 7.19. The van der Waals surface area contributed by atoms with E-state index in [4.69, 9.17) is 14.2 Å². The third kappa shape index (κ3) is 1.72. The molecule has 1 atom stereocenters. The van der Waals surface area contributed by atoms with Crippen LogP contribution in [0.1, 0.15) is 32.5 Å². The first-order chi connectivity index (χ1) is 11.6. The summed E-state index contributed by atoms with van der Waals surface area (Å²) in [5.41, 5.74) is 1.36. The average Bonchev–Trinajstić information content (AvgIpc) is 2.87. The van der Waals surface area contributed by atoms with E-state index in [2.05, 4.69) is 0 Å². The SMILES string of the molecule is COc1ccc2c(c1OC)C(=O)N1c3ccc(O)cc3C(=O)O[C@@H]21. The number of aromatic hydroxyl groups is 1. The zero-order chi connectivity index (χ0) is 17.0. The molecule has 122 valence electrons. The summed E-state index contributed by atoms with van der Waals surface area (Å²) in [5, 5.41) is 9.59. The van der Waals surface area contributed by atoms with Crippen LogP contribution >= 0.6 is 0 Å². The molecule has 24 heavy (non-hydrogen) atoms. The Balaban J connectivity index is 1.94. The van der Waals surface area contributed by atoms with E-state index in [0.717, 1.165) is 0 Å². The fourth-order valence-electron chi connectivity index (χ4n) is 3.15. The third-order valence-electron chi connectivity index (χ3n) is 4.19. The highest BCUT2D eigenvalue weighted by molar-refractivity contribution is 6.17.